The van der Waals surface area contributed by atoms with E-state index in [9.17, 15) is 30.4 Å². The molecule has 0 amide bonds. The molecule has 0 spiro atoms. The first-order chi connectivity index (χ1) is 10.3. The van der Waals surface area contributed by atoms with Crippen LogP contribution < -0.4 is 0 Å². The third-order valence-corrected chi connectivity index (χ3v) is 3.94. The van der Waals surface area contributed by atoms with Gasteiger partial charge in [0.25, 0.3) is 11.4 Å². The number of non-ortho nitro benzene ring substituents is 1. The summed E-state index contributed by atoms with van der Waals surface area (Å²) < 4.78 is 10.6. The van der Waals surface area contributed by atoms with Gasteiger partial charge in [-0.1, -0.05) is 0 Å². The van der Waals surface area contributed by atoms with E-state index in [2.05, 4.69) is 0 Å². The van der Waals surface area contributed by atoms with Gasteiger partial charge in [-0.15, -0.1) is 0 Å². The number of nitro benzene ring substituents is 2. The van der Waals surface area contributed by atoms with E-state index in [1.807, 2.05) is 0 Å². The summed E-state index contributed by atoms with van der Waals surface area (Å²) in [5.74, 6) is 0. The van der Waals surface area contributed by atoms with E-state index in [1.165, 1.54) is 0 Å². The van der Waals surface area contributed by atoms with Gasteiger partial charge in [-0.05, 0) is 0 Å². The fraction of sp³-hybridized carbons (Fsp3) is 0.500. The molecule has 2 fully saturated rings. The predicted molar refractivity (Wildman–Crippen MR) is 69.1 cm³/mol. The number of aliphatic hydroxyl groups is 2. The van der Waals surface area contributed by atoms with Crippen molar-refractivity contribution in [3.05, 3.63) is 44.0 Å². The van der Waals surface area contributed by atoms with Crippen LogP contribution in [0.15, 0.2) is 18.2 Å². The Labute approximate surface area is 123 Å². The van der Waals surface area contributed by atoms with Gasteiger partial charge in [-0.2, -0.15) is 0 Å². The van der Waals surface area contributed by atoms with E-state index < -0.39 is 45.1 Å². The Morgan fingerprint density at radius 2 is 1.95 bits per heavy atom. The molecule has 0 unspecified atom stereocenters. The van der Waals surface area contributed by atoms with Crippen molar-refractivity contribution < 1.29 is 29.5 Å². The zero-order valence-corrected chi connectivity index (χ0v) is 11.1. The second-order valence-electron chi connectivity index (χ2n) is 5.24. The van der Waals surface area contributed by atoms with E-state index >= 15 is 0 Å². The fourth-order valence-electron chi connectivity index (χ4n) is 2.88. The molecule has 2 aliphatic rings. The molecular formula is C12H12N2O8. The Morgan fingerprint density at radius 3 is 2.59 bits per heavy atom. The minimum atomic E-state index is -1.93. The van der Waals surface area contributed by atoms with Crippen molar-refractivity contribution in [1.29, 1.82) is 0 Å². The molecule has 1 aromatic rings. The lowest BCUT2D eigenvalue weighted by atomic mass is 9.87. The highest BCUT2D eigenvalue weighted by atomic mass is 16.6. The van der Waals surface area contributed by atoms with Gasteiger partial charge in [0.15, 0.2) is 0 Å². The Morgan fingerprint density at radius 1 is 1.23 bits per heavy atom. The van der Waals surface area contributed by atoms with Crippen molar-refractivity contribution in [3.8, 4) is 0 Å². The number of ether oxygens (including phenoxy) is 2. The summed E-state index contributed by atoms with van der Waals surface area (Å²) in [6.45, 7) is -0.443. The molecule has 22 heavy (non-hydrogen) atoms. The fourth-order valence-corrected chi connectivity index (χ4v) is 2.88. The highest BCUT2D eigenvalue weighted by Crippen LogP contribution is 2.44. The lowest BCUT2D eigenvalue weighted by Gasteiger charge is -2.26. The van der Waals surface area contributed by atoms with Gasteiger partial charge in [0, 0.05) is 18.2 Å². The second kappa shape index (κ2) is 4.95. The third kappa shape index (κ3) is 2.04. The number of rotatable bonds is 3. The van der Waals surface area contributed by atoms with E-state index in [-0.39, 0.29) is 18.8 Å². The largest absolute Gasteiger partial charge is 0.388 e. The van der Waals surface area contributed by atoms with Crippen molar-refractivity contribution in [1.82, 2.24) is 0 Å². The highest BCUT2D eigenvalue weighted by Gasteiger charge is 2.58. The van der Waals surface area contributed by atoms with Crippen LogP contribution in [0.2, 0.25) is 0 Å². The monoisotopic (exact) mass is 312 g/mol. The number of nitrogens with zero attached hydrogens (tertiary/aromatic N) is 2. The number of fused-ring (bicyclic) bond motifs is 1. The maximum atomic E-state index is 11.2. The van der Waals surface area contributed by atoms with Crippen LogP contribution in [0, 0.1) is 20.2 Å². The van der Waals surface area contributed by atoms with Crippen molar-refractivity contribution >= 4 is 11.4 Å². The minimum Gasteiger partial charge on any atom is -0.388 e. The van der Waals surface area contributed by atoms with Crippen LogP contribution in [0.1, 0.15) is 5.56 Å². The minimum absolute atomic E-state index is 0.0830. The van der Waals surface area contributed by atoms with Crippen LogP contribution >= 0.6 is 0 Å². The molecule has 3 rings (SSSR count). The first-order valence-electron chi connectivity index (χ1n) is 6.41. The summed E-state index contributed by atoms with van der Waals surface area (Å²) in [7, 11) is 0. The molecule has 10 heteroatoms. The molecule has 0 saturated carbocycles. The van der Waals surface area contributed by atoms with Crippen LogP contribution in [-0.2, 0) is 15.1 Å². The zero-order valence-electron chi connectivity index (χ0n) is 11.1. The number of hydrogen-bond donors (Lipinski definition) is 2. The van der Waals surface area contributed by atoms with Gasteiger partial charge in [0.2, 0.25) is 0 Å². The van der Waals surface area contributed by atoms with Gasteiger partial charge in [0.05, 0.1) is 28.6 Å². The van der Waals surface area contributed by atoms with Crippen LogP contribution in [0.3, 0.4) is 0 Å². The summed E-state index contributed by atoms with van der Waals surface area (Å²) in [4.78, 5) is 20.6. The molecule has 0 bridgehead atoms. The van der Waals surface area contributed by atoms with Crippen molar-refractivity contribution in [3.63, 3.8) is 0 Å². The van der Waals surface area contributed by atoms with Crippen LogP contribution in [0.4, 0.5) is 11.4 Å². The van der Waals surface area contributed by atoms with Crippen molar-refractivity contribution in [2.45, 2.75) is 23.9 Å². The summed E-state index contributed by atoms with van der Waals surface area (Å²) in [6, 6.07) is 2.89. The lowest BCUT2D eigenvalue weighted by Crippen LogP contribution is -2.41. The number of hydrogen-bond acceptors (Lipinski definition) is 8. The smallest absolute Gasteiger partial charge is 0.276 e. The van der Waals surface area contributed by atoms with Crippen molar-refractivity contribution in [2.75, 3.05) is 13.2 Å². The average molecular weight is 312 g/mol. The molecular weight excluding hydrogens is 300 g/mol. The van der Waals surface area contributed by atoms with Gasteiger partial charge in [-0.25, -0.2) is 0 Å². The number of nitro groups is 2. The summed E-state index contributed by atoms with van der Waals surface area (Å²) in [5.41, 5.74) is -3.05. The van der Waals surface area contributed by atoms with Gasteiger partial charge < -0.3 is 19.7 Å². The molecule has 10 nitrogen and oxygen atoms in total. The lowest BCUT2D eigenvalue weighted by molar-refractivity contribution is -0.390. The molecule has 0 aliphatic carbocycles. The quantitative estimate of drug-likeness (QED) is 0.578. The topological polar surface area (TPSA) is 145 Å². The third-order valence-electron chi connectivity index (χ3n) is 3.94. The van der Waals surface area contributed by atoms with E-state index in [1.54, 1.807) is 0 Å². The molecule has 2 N–H and O–H groups in total. The number of benzene rings is 1. The second-order valence-corrected chi connectivity index (χ2v) is 5.24. The normalized spacial score (nSPS) is 33.6. The molecule has 4 atom stereocenters. The zero-order chi connectivity index (χ0) is 16.1. The average Bonchev–Trinajstić information content (AvgIpc) is 3.01. The summed E-state index contributed by atoms with van der Waals surface area (Å²) >= 11 is 0. The van der Waals surface area contributed by atoms with Crippen LogP contribution in [-0.4, -0.2) is 51.6 Å². The molecule has 1 aromatic carbocycles. The molecule has 2 heterocycles. The van der Waals surface area contributed by atoms with Crippen LogP contribution in [0.25, 0.3) is 0 Å². The Bertz CT molecular complexity index is 650. The van der Waals surface area contributed by atoms with Gasteiger partial charge in [0.1, 0.15) is 23.9 Å². The standard InChI is InChI=1S/C12H12N2O8/c15-9-4-21-11-10(9)22-5-12(11,16)7-3-6(13(17)18)1-2-8(7)14(19)20/h1-3,9-11,15-16H,4-5H2/t9-,10-,11+,12+/m1/s1. The Balaban J connectivity index is 2.11. The molecule has 118 valence electrons. The summed E-state index contributed by atoms with van der Waals surface area (Å²) in [6.07, 6.45) is -2.82. The molecule has 0 radical (unpaired) electrons. The molecule has 2 saturated heterocycles. The highest BCUT2D eigenvalue weighted by molar-refractivity contribution is 5.52. The summed E-state index contributed by atoms with van der Waals surface area (Å²) in [5, 5.41) is 42.5. The predicted octanol–water partition coefficient (Wildman–Crippen LogP) is -0.151. The molecule has 2 aliphatic heterocycles. The maximum absolute atomic E-state index is 11.2. The molecule has 0 aromatic heterocycles. The van der Waals surface area contributed by atoms with E-state index in [4.69, 9.17) is 9.47 Å². The number of aliphatic hydroxyl groups excluding tert-OH is 1. The van der Waals surface area contributed by atoms with Gasteiger partial charge >= 0.3 is 0 Å². The Hall–Kier alpha value is -2.14. The Kier molecular flexibility index (Phi) is 3.33. The van der Waals surface area contributed by atoms with Gasteiger partial charge in [-0.3, -0.25) is 20.2 Å². The van der Waals surface area contributed by atoms with Crippen molar-refractivity contribution in [2.24, 2.45) is 0 Å². The SMILES string of the molecule is O=[N+]([O-])c1ccc([N+](=O)[O-])c([C@@]2(O)CO[C@@H]3[C@H](O)CO[C@@H]32)c1. The van der Waals surface area contributed by atoms with E-state index in [0.29, 0.717) is 0 Å². The first kappa shape index (κ1) is 14.8. The van der Waals surface area contributed by atoms with Crippen LogP contribution in [0.5, 0.6) is 0 Å². The maximum Gasteiger partial charge on any atom is 0.276 e. The first-order valence-corrected chi connectivity index (χ1v) is 6.41. The van der Waals surface area contributed by atoms with E-state index in [0.717, 1.165) is 18.2 Å².